The molecule has 0 aliphatic carbocycles. The number of hydrogen-bond acceptors (Lipinski definition) is 6. The van der Waals surface area contributed by atoms with Gasteiger partial charge in [0, 0.05) is 25.7 Å². The molecule has 2 atom stereocenters. The van der Waals surface area contributed by atoms with Crippen molar-refractivity contribution >= 4 is 23.2 Å². The summed E-state index contributed by atoms with van der Waals surface area (Å²) in [6.45, 7) is 9.69. The standard InChI is InChI=1S/C22H34ClN3O4/c1-15-11-26(12-16(2)30-15)13-17-5-7-25(8-6-17)14-22(27)24-19-9-18(23)20(28-3)10-21(19)29-4/h9-10,15-17H,5-8,11-14H2,1-4H3,(H,24,27). The number of carbonyl (C=O) groups excluding carboxylic acids is 1. The molecule has 168 valence electrons. The number of carbonyl (C=O) groups is 1. The lowest BCUT2D eigenvalue weighted by Crippen LogP contribution is -2.48. The van der Waals surface area contributed by atoms with Gasteiger partial charge in [-0.05, 0) is 51.8 Å². The van der Waals surface area contributed by atoms with Crippen molar-refractivity contribution in [2.45, 2.75) is 38.9 Å². The molecule has 2 unspecified atom stereocenters. The number of amides is 1. The van der Waals surface area contributed by atoms with Gasteiger partial charge in [-0.1, -0.05) is 11.6 Å². The average Bonchev–Trinajstić information content (AvgIpc) is 2.69. The van der Waals surface area contributed by atoms with E-state index in [0.29, 0.717) is 46.9 Å². The second kappa shape index (κ2) is 10.7. The van der Waals surface area contributed by atoms with Crippen LogP contribution in [0.4, 0.5) is 5.69 Å². The minimum atomic E-state index is -0.0659. The highest BCUT2D eigenvalue weighted by atomic mass is 35.5. The van der Waals surface area contributed by atoms with Gasteiger partial charge in [0.1, 0.15) is 11.5 Å². The van der Waals surface area contributed by atoms with Gasteiger partial charge >= 0.3 is 0 Å². The maximum Gasteiger partial charge on any atom is 0.238 e. The Balaban J connectivity index is 1.46. The van der Waals surface area contributed by atoms with E-state index in [0.717, 1.165) is 45.6 Å². The van der Waals surface area contributed by atoms with Crippen LogP contribution in [0.5, 0.6) is 11.5 Å². The summed E-state index contributed by atoms with van der Waals surface area (Å²) >= 11 is 6.19. The molecule has 2 aliphatic rings. The van der Waals surface area contributed by atoms with Crippen LogP contribution < -0.4 is 14.8 Å². The van der Waals surface area contributed by atoms with Gasteiger partial charge in [-0.15, -0.1) is 0 Å². The molecule has 0 radical (unpaired) electrons. The largest absolute Gasteiger partial charge is 0.495 e. The smallest absolute Gasteiger partial charge is 0.238 e. The SMILES string of the molecule is COc1cc(OC)c(NC(=O)CN2CCC(CN3CC(C)OC(C)C3)CC2)cc1Cl. The first kappa shape index (κ1) is 23.1. The Labute approximate surface area is 184 Å². The molecule has 1 amide bonds. The Hall–Kier alpha value is -1.54. The van der Waals surface area contributed by atoms with E-state index < -0.39 is 0 Å². The van der Waals surface area contributed by atoms with Crippen LogP contribution in [0.15, 0.2) is 12.1 Å². The zero-order chi connectivity index (χ0) is 21.7. The molecule has 2 fully saturated rings. The molecule has 0 spiro atoms. The lowest BCUT2D eigenvalue weighted by atomic mass is 9.95. The molecule has 0 bridgehead atoms. The highest BCUT2D eigenvalue weighted by Crippen LogP contribution is 2.35. The molecule has 1 N–H and O–H groups in total. The number of nitrogens with zero attached hydrogens (tertiary/aromatic N) is 2. The summed E-state index contributed by atoms with van der Waals surface area (Å²) in [6.07, 6.45) is 2.85. The fraction of sp³-hybridized carbons (Fsp3) is 0.682. The van der Waals surface area contributed by atoms with E-state index in [9.17, 15) is 4.79 Å². The van der Waals surface area contributed by atoms with Crippen molar-refractivity contribution in [3.05, 3.63) is 17.2 Å². The van der Waals surface area contributed by atoms with E-state index >= 15 is 0 Å². The zero-order valence-corrected chi connectivity index (χ0v) is 19.2. The average molecular weight is 440 g/mol. The van der Waals surface area contributed by atoms with Crippen LogP contribution in [-0.4, -0.2) is 81.4 Å². The molecule has 1 aromatic rings. The first-order chi connectivity index (χ1) is 14.4. The van der Waals surface area contributed by atoms with Crippen LogP contribution in [-0.2, 0) is 9.53 Å². The third-order valence-electron chi connectivity index (χ3n) is 5.83. The molecule has 2 saturated heterocycles. The topological polar surface area (TPSA) is 63.3 Å². The molecule has 0 aromatic heterocycles. The van der Waals surface area contributed by atoms with Crippen LogP contribution in [0, 0.1) is 5.92 Å². The first-order valence-corrected chi connectivity index (χ1v) is 11.1. The van der Waals surface area contributed by atoms with Gasteiger partial charge in [0.05, 0.1) is 43.7 Å². The molecule has 3 rings (SSSR count). The molecule has 2 aliphatic heterocycles. The zero-order valence-electron chi connectivity index (χ0n) is 18.4. The number of halogens is 1. The summed E-state index contributed by atoms with van der Waals surface area (Å²) in [5.74, 6) is 1.65. The van der Waals surface area contributed by atoms with E-state index in [1.807, 2.05) is 0 Å². The van der Waals surface area contributed by atoms with Gasteiger partial charge in [0.25, 0.3) is 0 Å². The van der Waals surface area contributed by atoms with E-state index in [2.05, 4.69) is 29.0 Å². The van der Waals surface area contributed by atoms with Gasteiger partial charge in [-0.3, -0.25) is 14.6 Å². The molecular formula is C22H34ClN3O4. The Morgan fingerprint density at radius 1 is 1.10 bits per heavy atom. The number of ether oxygens (including phenoxy) is 3. The molecule has 0 saturated carbocycles. The molecule has 30 heavy (non-hydrogen) atoms. The normalized spacial score (nSPS) is 23.9. The number of rotatable bonds is 7. The summed E-state index contributed by atoms with van der Waals surface area (Å²) in [5.41, 5.74) is 0.554. The van der Waals surface area contributed by atoms with Gasteiger partial charge in [-0.25, -0.2) is 0 Å². The Morgan fingerprint density at radius 2 is 1.73 bits per heavy atom. The van der Waals surface area contributed by atoms with Crippen molar-refractivity contribution < 1.29 is 19.0 Å². The molecule has 2 heterocycles. The van der Waals surface area contributed by atoms with Crippen molar-refractivity contribution in [2.24, 2.45) is 5.92 Å². The van der Waals surface area contributed by atoms with Crippen molar-refractivity contribution in [2.75, 3.05) is 58.8 Å². The molecule has 7 nitrogen and oxygen atoms in total. The van der Waals surface area contributed by atoms with Crippen LogP contribution in [0.3, 0.4) is 0 Å². The number of nitrogens with one attached hydrogen (secondary N) is 1. The van der Waals surface area contributed by atoms with E-state index in [1.165, 1.54) is 0 Å². The van der Waals surface area contributed by atoms with Crippen LogP contribution in [0.1, 0.15) is 26.7 Å². The van der Waals surface area contributed by atoms with Gasteiger partial charge in [0.2, 0.25) is 5.91 Å². The summed E-state index contributed by atoms with van der Waals surface area (Å²) in [4.78, 5) is 17.3. The molecule has 8 heteroatoms. The van der Waals surface area contributed by atoms with Crippen LogP contribution >= 0.6 is 11.6 Å². The number of piperidine rings is 1. The maximum absolute atomic E-state index is 12.6. The number of methoxy groups -OCH3 is 2. The Kier molecular flexibility index (Phi) is 8.22. The van der Waals surface area contributed by atoms with Gasteiger partial charge in [0.15, 0.2) is 0 Å². The molecular weight excluding hydrogens is 406 g/mol. The molecule has 1 aromatic carbocycles. The lowest BCUT2D eigenvalue weighted by molar-refractivity contribution is -0.117. The number of morpholine rings is 1. The monoisotopic (exact) mass is 439 g/mol. The predicted molar refractivity (Wildman–Crippen MR) is 119 cm³/mol. The van der Waals surface area contributed by atoms with Crippen LogP contribution in [0.25, 0.3) is 0 Å². The number of anilines is 1. The quantitative estimate of drug-likeness (QED) is 0.704. The summed E-state index contributed by atoms with van der Waals surface area (Å²) in [6, 6.07) is 3.34. The maximum atomic E-state index is 12.6. The minimum absolute atomic E-state index is 0.0659. The fourth-order valence-electron chi connectivity index (χ4n) is 4.48. The van der Waals surface area contributed by atoms with Crippen molar-refractivity contribution in [3.63, 3.8) is 0 Å². The first-order valence-electron chi connectivity index (χ1n) is 10.7. The van der Waals surface area contributed by atoms with Crippen molar-refractivity contribution in [3.8, 4) is 11.5 Å². The highest BCUT2D eigenvalue weighted by Gasteiger charge is 2.27. The highest BCUT2D eigenvalue weighted by molar-refractivity contribution is 6.32. The number of hydrogen-bond donors (Lipinski definition) is 1. The summed E-state index contributed by atoms with van der Waals surface area (Å²) < 4.78 is 16.4. The summed E-state index contributed by atoms with van der Waals surface area (Å²) in [5, 5.41) is 3.35. The van der Waals surface area contributed by atoms with Crippen molar-refractivity contribution in [1.82, 2.24) is 9.80 Å². The third-order valence-corrected chi connectivity index (χ3v) is 6.13. The minimum Gasteiger partial charge on any atom is -0.495 e. The van der Waals surface area contributed by atoms with Crippen molar-refractivity contribution in [1.29, 1.82) is 0 Å². The lowest BCUT2D eigenvalue weighted by Gasteiger charge is -2.39. The second-order valence-electron chi connectivity index (χ2n) is 8.43. The Bertz CT molecular complexity index is 715. The predicted octanol–water partition coefficient (Wildman–Crippen LogP) is 3.12. The summed E-state index contributed by atoms with van der Waals surface area (Å²) in [7, 11) is 3.10. The van der Waals surface area contributed by atoms with Gasteiger partial charge < -0.3 is 19.5 Å². The number of likely N-dealkylation sites (tertiary alicyclic amines) is 1. The van der Waals surface area contributed by atoms with E-state index in [1.54, 1.807) is 26.4 Å². The second-order valence-corrected chi connectivity index (χ2v) is 8.84. The fourth-order valence-corrected chi connectivity index (χ4v) is 4.72. The van der Waals surface area contributed by atoms with Crippen LogP contribution in [0.2, 0.25) is 5.02 Å². The number of benzene rings is 1. The third kappa shape index (κ3) is 6.23. The van der Waals surface area contributed by atoms with Gasteiger partial charge in [-0.2, -0.15) is 0 Å². The Morgan fingerprint density at radius 3 is 2.33 bits per heavy atom. The van der Waals surface area contributed by atoms with E-state index in [-0.39, 0.29) is 5.91 Å². The van der Waals surface area contributed by atoms with E-state index in [4.69, 9.17) is 25.8 Å².